The minimum atomic E-state index is -0.351. The van der Waals surface area contributed by atoms with Crippen molar-refractivity contribution in [1.29, 1.82) is 0 Å². The molecule has 3 nitrogen and oxygen atoms in total. The van der Waals surface area contributed by atoms with Crippen molar-refractivity contribution in [2.75, 3.05) is 26.2 Å². The van der Waals surface area contributed by atoms with Crippen LogP contribution in [0.4, 0.5) is 4.39 Å². The van der Waals surface area contributed by atoms with Gasteiger partial charge in [-0.05, 0) is 60.1 Å². The first-order valence-corrected chi connectivity index (χ1v) is 6.92. The Morgan fingerprint density at radius 2 is 2.11 bits per heavy atom. The molecule has 1 aliphatic heterocycles. The lowest BCUT2D eigenvalue weighted by Gasteiger charge is -2.14. The van der Waals surface area contributed by atoms with Crippen LogP contribution in [0.15, 0.2) is 22.7 Å². The summed E-state index contributed by atoms with van der Waals surface area (Å²) in [6, 6.07) is 4.08. The molecular weight excluding hydrogens is 299 g/mol. The average Bonchev–Trinajstić information content (AvgIpc) is 2.81. The van der Waals surface area contributed by atoms with Crippen LogP contribution in [0.25, 0.3) is 0 Å². The molecule has 0 spiro atoms. The molecule has 0 unspecified atom stereocenters. The van der Waals surface area contributed by atoms with Gasteiger partial charge in [-0.1, -0.05) is 0 Å². The van der Waals surface area contributed by atoms with Crippen LogP contribution in [-0.2, 0) is 0 Å². The summed E-state index contributed by atoms with van der Waals surface area (Å²) in [6.45, 7) is 3.75. The second-order valence-corrected chi connectivity index (χ2v) is 5.28. The fourth-order valence-corrected chi connectivity index (χ4v) is 2.63. The molecule has 98 valence electrons. The third-order valence-corrected chi connectivity index (χ3v) is 3.74. The number of rotatable bonds is 4. The van der Waals surface area contributed by atoms with E-state index in [4.69, 9.17) is 0 Å². The first kappa shape index (κ1) is 13.5. The maximum Gasteiger partial charge on any atom is 0.252 e. The molecule has 1 saturated heterocycles. The lowest BCUT2D eigenvalue weighted by molar-refractivity contribution is 0.0949. The maximum atomic E-state index is 12.9. The van der Waals surface area contributed by atoms with Crippen molar-refractivity contribution in [2.45, 2.75) is 12.8 Å². The second-order valence-electron chi connectivity index (χ2n) is 4.43. The van der Waals surface area contributed by atoms with Gasteiger partial charge in [0.15, 0.2) is 0 Å². The minimum absolute atomic E-state index is 0.166. The summed E-state index contributed by atoms with van der Waals surface area (Å²) in [6.07, 6.45) is 2.49. The van der Waals surface area contributed by atoms with Crippen LogP contribution in [-0.4, -0.2) is 37.0 Å². The van der Waals surface area contributed by atoms with Crippen LogP contribution in [0.5, 0.6) is 0 Å². The SMILES string of the molecule is O=C(NCCN1CCCC1)c1ccc(F)cc1Br. The third-order valence-electron chi connectivity index (χ3n) is 3.09. The minimum Gasteiger partial charge on any atom is -0.351 e. The van der Waals surface area contributed by atoms with Gasteiger partial charge in [0.2, 0.25) is 0 Å². The number of hydrogen-bond donors (Lipinski definition) is 1. The lowest BCUT2D eigenvalue weighted by Crippen LogP contribution is -2.33. The first-order valence-electron chi connectivity index (χ1n) is 6.12. The summed E-state index contributed by atoms with van der Waals surface area (Å²) in [5.74, 6) is -0.517. The van der Waals surface area contributed by atoms with Gasteiger partial charge >= 0.3 is 0 Å². The van der Waals surface area contributed by atoms with E-state index in [2.05, 4.69) is 26.1 Å². The molecule has 1 aromatic carbocycles. The number of carbonyl (C=O) groups is 1. The largest absolute Gasteiger partial charge is 0.351 e. The summed E-state index contributed by atoms with van der Waals surface area (Å²) < 4.78 is 13.4. The average molecular weight is 315 g/mol. The zero-order valence-electron chi connectivity index (χ0n) is 10.1. The van der Waals surface area contributed by atoms with Crippen molar-refractivity contribution in [3.63, 3.8) is 0 Å². The van der Waals surface area contributed by atoms with Gasteiger partial charge in [0.1, 0.15) is 5.82 Å². The number of amides is 1. The molecule has 5 heteroatoms. The van der Waals surface area contributed by atoms with Gasteiger partial charge in [-0.25, -0.2) is 4.39 Å². The molecule has 1 heterocycles. The van der Waals surface area contributed by atoms with Gasteiger partial charge < -0.3 is 10.2 Å². The first-order chi connectivity index (χ1) is 8.66. The van der Waals surface area contributed by atoms with Gasteiger partial charge in [-0.15, -0.1) is 0 Å². The standard InChI is InChI=1S/C13H16BrFN2O/c14-12-9-10(15)3-4-11(12)13(18)16-5-8-17-6-1-2-7-17/h3-4,9H,1-2,5-8H2,(H,16,18). The summed E-state index contributed by atoms with van der Waals surface area (Å²) in [7, 11) is 0. The lowest BCUT2D eigenvalue weighted by atomic mass is 10.2. The van der Waals surface area contributed by atoms with E-state index in [0.29, 0.717) is 16.6 Å². The molecule has 2 rings (SSSR count). The van der Waals surface area contributed by atoms with E-state index in [1.54, 1.807) is 0 Å². The number of benzene rings is 1. The van der Waals surface area contributed by atoms with E-state index in [9.17, 15) is 9.18 Å². The fraction of sp³-hybridized carbons (Fsp3) is 0.462. The highest BCUT2D eigenvalue weighted by Crippen LogP contribution is 2.17. The topological polar surface area (TPSA) is 32.3 Å². The van der Waals surface area contributed by atoms with Crippen LogP contribution in [0, 0.1) is 5.82 Å². The van der Waals surface area contributed by atoms with Crippen molar-refractivity contribution in [3.8, 4) is 0 Å². The second kappa shape index (κ2) is 6.29. The molecule has 1 aromatic rings. The predicted molar refractivity (Wildman–Crippen MR) is 72.1 cm³/mol. The van der Waals surface area contributed by atoms with Crippen molar-refractivity contribution >= 4 is 21.8 Å². The summed E-state index contributed by atoms with van der Waals surface area (Å²) in [4.78, 5) is 14.2. The monoisotopic (exact) mass is 314 g/mol. The zero-order valence-corrected chi connectivity index (χ0v) is 11.7. The van der Waals surface area contributed by atoms with Crippen molar-refractivity contribution in [3.05, 3.63) is 34.1 Å². The Labute approximate surface area is 114 Å². The molecular formula is C13H16BrFN2O. The Kier molecular flexibility index (Phi) is 4.72. The molecule has 0 bridgehead atoms. The predicted octanol–water partition coefficient (Wildman–Crippen LogP) is 2.41. The van der Waals surface area contributed by atoms with E-state index in [0.717, 1.165) is 19.6 Å². The number of halogens is 2. The highest BCUT2D eigenvalue weighted by atomic mass is 79.9. The fourth-order valence-electron chi connectivity index (χ4n) is 2.10. The van der Waals surface area contributed by atoms with Crippen molar-refractivity contribution < 1.29 is 9.18 Å². The Morgan fingerprint density at radius 3 is 2.78 bits per heavy atom. The molecule has 0 radical (unpaired) electrons. The summed E-state index contributed by atoms with van der Waals surface area (Å²) in [5, 5.41) is 2.85. The van der Waals surface area contributed by atoms with Gasteiger partial charge in [-0.2, -0.15) is 0 Å². The molecule has 0 aromatic heterocycles. The molecule has 1 fully saturated rings. The third kappa shape index (κ3) is 3.53. The summed E-state index contributed by atoms with van der Waals surface area (Å²) >= 11 is 3.19. The Hall–Kier alpha value is -0.940. The van der Waals surface area contributed by atoms with Gasteiger partial charge in [0, 0.05) is 17.6 Å². The van der Waals surface area contributed by atoms with E-state index in [1.165, 1.54) is 31.0 Å². The highest BCUT2D eigenvalue weighted by molar-refractivity contribution is 9.10. The van der Waals surface area contributed by atoms with Crippen LogP contribution in [0.1, 0.15) is 23.2 Å². The van der Waals surface area contributed by atoms with Crippen LogP contribution < -0.4 is 5.32 Å². The smallest absolute Gasteiger partial charge is 0.252 e. The Bertz CT molecular complexity index is 433. The molecule has 1 amide bonds. The molecule has 18 heavy (non-hydrogen) atoms. The highest BCUT2D eigenvalue weighted by Gasteiger charge is 2.13. The van der Waals surface area contributed by atoms with Crippen LogP contribution in [0.2, 0.25) is 0 Å². The van der Waals surface area contributed by atoms with E-state index in [1.807, 2.05) is 0 Å². The maximum absolute atomic E-state index is 12.9. The van der Waals surface area contributed by atoms with Crippen molar-refractivity contribution in [1.82, 2.24) is 10.2 Å². The number of nitrogens with zero attached hydrogens (tertiary/aromatic N) is 1. The Morgan fingerprint density at radius 1 is 1.39 bits per heavy atom. The quantitative estimate of drug-likeness (QED) is 0.925. The summed E-state index contributed by atoms with van der Waals surface area (Å²) in [5.41, 5.74) is 0.470. The molecule has 0 saturated carbocycles. The molecule has 1 N–H and O–H groups in total. The number of hydrogen-bond acceptors (Lipinski definition) is 2. The van der Waals surface area contributed by atoms with E-state index in [-0.39, 0.29) is 11.7 Å². The van der Waals surface area contributed by atoms with Gasteiger partial charge in [0.05, 0.1) is 5.56 Å². The van der Waals surface area contributed by atoms with Crippen LogP contribution >= 0.6 is 15.9 Å². The number of likely N-dealkylation sites (tertiary alicyclic amines) is 1. The number of carbonyl (C=O) groups excluding carboxylic acids is 1. The molecule has 1 aliphatic rings. The normalized spacial score (nSPS) is 15.9. The van der Waals surface area contributed by atoms with Crippen LogP contribution in [0.3, 0.4) is 0 Å². The number of nitrogens with one attached hydrogen (secondary N) is 1. The van der Waals surface area contributed by atoms with Gasteiger partial charge in [0.25, 0.3) is 5.91 Å². The van der Waals surface area contributed by atoms with E-state index < -0.39 is 0 Å². The van der Waals surface area contributed by atoms with E-state index >= 15 is 0 Å². The zero-order chi connectivity index (χ0) is 13.0. The van der Waals surface area contributed by atoms with Gasteiger partial charge in [-0.3, -0.25) is 4.79 Å². The Balaban J connectivity index is 1.83. The molecule has 0 aliphatic carbocycles. The van der Waals surface area contributed by atoms with Crippen molar-refractivity contribution in [2.24, 2.45) is 0 Å². The molecule has 0 atom stereocenters.